The number of pyridine rings is 2. The summed E-state index contributed by atoms with van der Waals surface area (Å²) in [6, 6.07) is 7.36. The van der Waals surface area contributed by atoms with Gasteiger partial charge in [0.15, 0.2) is 5.82 Å². The van der Waals surface area contributed by atoms with E-state index in [4.69, 9.17) is 4.52 Å². The Morgan fingerprint density at radius 1 is 1.19 bits per heavy atom. The van der Waals surface area contributed by atoms with Crippen LogP contribution in [0.1, 0.15) is 40.6 Å². The number of aromatic nitrogens is 4. The van der Waals surface area contributed by atoms with E-state index >= 15 is 0 Å². The Labute approximate surface area is 151 Å². The number of carbonyl (C=O) groups excluding carboxylic acids is 1. The van der Waals surface area contributed by atoms with E-state index in [-0.39, 0.29) is 11.8 Å². The second-order valence-corrected chi connectivity index (χ2v) is 6.40. The van der Waals surface area contributed by atoms with Gasteiger partial charge in [0.05, 0.1) is 11.1 Å². The molecule has 0 bridgehead atoms. The molecule has 132 valence electrons. The van der Waals surface area contributed by atoms with Crippen molar-refractivity contribution in [2.24, 2.45) is 0 Å². The zero-order valence-electron chi connectivity index (χ0n) is 14.5. The Bertz CT molecular complexity index is 901. The first-order valence-electron chi connectivity index (χ1n) is 8.67. The molecular weight excluding hydrogens is 330 g/mol. The fourth-order valence-electron chi connectivity index (χ4n) is 3.23. The number of likely N-dealkylation sites (tertiary alicyclic amines) is 1. The molecule has 1 aliphatic rings. The maximum absolute atomic E-state index is 12.7. The van der Waals surface area contributed by atoms with Crippen molar-refractivity contribution in [1.82, 2.24) is 25.0 Å². The largest absolute Gasteiger partial charge is 0.339 e. The smallest absolute Gasteiger partial charge is 0.259 e. The molecule has 0 unspecified atom stereocenters. The molecule has 4 rings (SSSR count). The first-order chi connectivity index (χ1) is 12.7. The Balaban J connectivity index is 1.42. The fourth-order valence-corrected chi connectivity index (χ4v) is 3.23. The van der Waals surface area contributed by atoms with Gasteiger partial charge >= 0.3 is 0 Å². The van der Waals surface area contributed by atoms with Gasteiger partial charge in [0.1, 0.15) is 0 Å². The van der Waals surface area contributed by atoms with Crippen molar-refractivity contribution in [2.75, 3.05) is 13.1 Å². The molecule has 1 fully saturated rings. The summed E-state index contributed by atoms with van der Waals surface area (Å²) >= 11 is 0. The van der Waals surface area contributed by atoms with Crippen LogP contribution in [0.4, 0.5) is 0 Å². The van der Waals surface area contributed by atoms with Crippen molar-refractivity contribution in [3.8, 4) is 11.5 Å². The van der Waals surface area contributed by atoms with Crippen molar-refractivity contribution in [1.29, 1.82) is 0 Å². The van der Waals surface area contributed by atoms with Crippen LogP contribution in [0.3, 0.4) is 0 Å². The number of carbonyl (C=O) groups is 1. The maximum Gasteiger partial charge on any atom is 0.259 e. The van der Waals surface area contributed by atoms with Crippen LogP contribution in [0.15, 0.2) is 47.4 Å². The predicted octanol–water partition coefficient (Wildman–Crippen LogP) is 2.85. The molecule has 1 saturated heterocycles. The predicted molar refractivity (Wildman–Crippen MR) is 94.4 cm³/mol. The number of rotatable bonds is 3. The summed E-state index contributed by atoms with van der Waals surface area (Å²) in [6.45, 7) is 3.21. The first kappa shape index (κ1) is 16.4. The zero-order chi connectivity index (χ0) is 17.9. The molecule has 0 aromatic carbocycles. The normalized spacial score (nSPS) is 15.2. The molecule has 7 nitrogen and oxygen atoms in total. The van der Waals surface area contributed by atoms with Crippen molar-refractivity contribution in [3.63, 3.8) is 0 Å². The standard InChI is InChI=1S/C19H19N5O2/c1-13-16(5-3-9-21-13)19(25)24-10-6-14(7-11-24)17-22-18(26-23-17)15-4-2-8-20-12-15/h2-5,8-9,12,14H,6-7,10-11H2,1H3. The van der Waals surface area contributed by atoms with E-state index in [1.165, 1.54) is 0 Å². The Morgan fingerprint density at radius 3 is 2.73 bits per heavy atom. The molecular formula is C19H19N5O2. The molecule has 26 heavy (non-hydrogen) atoms. The van der Waals surface area contributed by atoms with Crippen molar-refractivity contribution < 1.29 is 9.32 Å². The molecule has 0 radical (unpaired) electrons. The van der Waals surface area contributed by atoms with Crippen LogP contribution in [-0.4, -0.2) is 44.0 Å². The summed E-state index contributed by atoms with van der Waals surface area (Å²) in [5.41, 5.74) is 2.24. The molecule has 3 aromatic heterocycles. The highest BCUT2D eigenvalue weighted by Crippen LogP contribution is 2.28. The molecule has 0 N–H and O–H groups in total. The highest BCUT2D eigenvalue weighted by Gasteiger charge is 2.28. The molecule has 3 aromatic rings. The van der Waals surface area contributed by atoms with Crippen LogP contribution in [0.5, 0.6) is 0 Å². The van der Waals surface area contributed by atoms with E-state index in [1.807, 2.05) is 30.0 Å². The van der Waals surface area contributed by atoms with Crippen molar-refractivity contribution >= 4 is 5.91 Å². The topological polar surface area (TPSA) is 85.0 Å². The van der Waals surface area contributed by atoms with Crippen LogP contribution in [0.25, 0.3) is 11.5 Å². The van der Waals surface area contributed by atoms with Gasteiger partial charge in [-0.1, -0.05) is 5.16 Å². The molecule has 0 aliphatic carbocycles. The fraction of sp³-hybridized carbons (Fsp3) is 0.316. The lowest BCUT2D eigenvalue weighted by Gasteiger charge is -2.30. The van der Waals surface area contributed by atoms with Crippen LogP contribution < -0.4 is 0 Å². The van der Waals surface area contributed by atoms with Gasteiger partial charge in [0.2, 0.25) is 0 Å². The van der Waals surface area contributed by atoms with Crippen molar-refractivity contribution in [3.05, 3.63) is 59.9 Å². The highest BCUT2D eigenvalue weighted by atomic mass is 16.5. The van der Waals surface area contributed by atoms with Crippen LogP contribution in [0, 0.1) is 6.92 Å². The zero-order valence-corrected chi connectivity index (χ0v) is 14.5. The van der Waals surface area contributed by atoms with Gasteiger partial charge in [0, 0.05) is 43.3 Å². The lowest BCUT2D eigenvalue weighted by atomic mass is 9.95. The van der Waals surface area contributed by atoms with Crippen LogP contribution in [-0.2, 0) is 0 Å². The summed E-state index contributed by atoms with van der Waals surface area (Å²) < 4.78 is 5.37. The Kier molecular flexibility index (Phi) is 4.43. The quantitative estimate of drug-likeness (QED) is 0.723. The number of amides is 1. The van der Waals surface area contributed by atoms with E-state index in [2.05, 4.69) is 20.1 Å². The van der Waals surface area contributed by atoms with E-state index in [9.17, 15) is 4.79 Å². The van der Waals surface area contributed by atoms with E-state index < -0.39 is 0 Å². The monoisotopic (exact) mass is 349 g/mol. The third-order valence-electron chi connectivity index (χ3n) is 4.73. The molecule has 0 spiro atoms. The van der Waals surface area contributed by atoms with Gasteiger partial charge in [0.25, 0.3) is 11.8 Å². The average Bonchev–Trinajstić information content (AvgIpc) is 3.19. The minimum atomic E-state index is 0.0400. The van der Waals surface area contributed by atoms with E-state index in [0.29, 0.717) is 30.4 Å². The first-order valence-corrected chi connectivity index (χ1v) is 8.67. The Morgan fingerprint density at radius 2 is 2.00 bits per heavy atom. The maximum atomic E-state index is 12.7. The third kappa shape index (κ3) is 3.20. The van der Waals surface area contributed by atoms with E-state index in [1.54, 1.807) is 24.7 Å². The number of hydrogen-bond donors (Lipinski definition) is 0. The Hall–Kier alpha value is -3.09. The molecule has 1 aliphatic heterocycles. The lowest BCUT2D eigenvalue weighted by molar-refractivity contribution is 0.0709. The number of nitrogens with zero attached hydrogens (tertiary/aromatic N) is 5. The second-order valence-electron chi connectivity index (χ2n) is 6.40. The summed E-state index contributed by atoms with van der Waals surface area (Å²) in [5.74, 6) is 1.42. The van der Waals surface area contributed by atoms with Gasteiger partial charge in [-0.3, -0.25) is 14.8 Å². The third-order valence-corrected chi connectivity index (χ3v) is 4.73. The van der Waals surface area contributed by atoms with Gasteiger partial charge < -0.3 is 9.42 Å². The number of aryl methyl sites for hydroxylation is 1. The van der Waals surface area contributed by atoms with Gasteiger partial charge in [-0.25, -0.2) is 0 Å². The minimum absolute atomic E-state index is 0.0400. The molecule has 1 amide bonds. The van der Waals surface area contributed by atoms with Crippen molar-refractivity contribution in [2.45, 2.75) is 25.7 Å². The van der Waals surface area contributed by atoms with Gasteiger partial charge in [-0.15, -0.1) is 0 Å². The SMILES string of the molecule is Cc1ncccc1C(=O)N1CCC(c2noc(-c3cccnc3)n2)CC1. The minimum Gasteiger partial charge on any atom is -0.339 e. The lowest BCUT2D eigenvalue weighted by Crippen LogP contribution is -2.38. The van der Waals surface area contributed by atoms with Gasteiger partial charge in [-0.05, 0) is 44.0 Å². The highest BCUT2D eigenvalue weighted by molar-refractivity contribution is 5.95. The molecule has 0 atom stereocenters. The van der Waals surface area contributed by atoms with Crippen LogP contribution in [0.2, 0.25) is 0 Å². The summed E-state index contributed by atoms with van der Waals surface area (Å²) in [6.07, 6.45) is 6.74. The van der Waals surface area contributed by atoms with Crippen LogP contribution >= 0.6 is 0 Å². The number of hydrogen-bond acceptors (Lipinski definition) is 6. The average molecular weight is 349 g/mol. The molecule has 4 heterocycles. The molecule has 0 saturated carbocycles. The van der Waals surface area contributed by atoms with E-state index in [0.717, 1.165) is 24.1 Å². The second kappa shape index (κ2) is 7.03. The van der Waals surface area contributed by atoms with Gasteiger partial charge in [-0.2, -0.15) is 4.98 Å². The summed E-state index contributed by atoms with van der Waals surface area (Å²) in [4.78, 5) is 27.3. The number of piperidine rings is 1. The molecule has 7 heteroatoms. The summed E-state index contributed by atoms with van der Waals surface area (Å²) in [5, 5.41) is 4.13. The summed E-state index contributed by atoms with van der Waals surface area (Å²) in [7, 11) is 0.